The molecule has 0 atom stereocenters. The third kappa shape index (κ3) is 3.73. The molecule has 108 valence electrons. The molecule has 0 aliphatic carbocycles. The fourth-order valence-corrected chi connectivity index (χ4v) is 2.71. The number of thiazole rings is 1. The summed E-state index contributed by atoms with van der Waals surface area (Å²) in [5, 5.41) is 12.6. The summed E-state index contributed by atoms with van der Waals surface area (Å²) in [7, 11) is 0. The Morgan fingerprint density at radius 2 is 2.40 bits per heavy atom. The molecule has 2 heterocycles. The summed E-state index contributed by atoms with van der Waals surface area (Å²) in [6.07, 6.45) is 1.76. The van der Waals surface area contributed by atoms with Crippen molar-refractivity contribution in [3.05, 3.63) is 26.7 Å². The third-order valence-corrected chi connectivity index (χ3v) is 3.99. The van der Waals surface area contributed by atoms with Crippen molar-refractivity contribution in [1.82, 2.24) is 25.1 Å². The number of aromatic nitrogens is 4. The summed E-state index contributed by atoms with van der Waals surface area (Å²) in [5.74, 6) is 0.727. The van der Waals surface area contributed by atoms with Crippen LogP contribution in [0.4, 0.5) is 0 Å². The van der Waals surface area contributed by atoms with E-state index in [9.17, 15) is 4.79 Å². The van der Waals surface area contributed by atoms with E-state index in [0.29, 0.717) is 11.3 Å². The molecule has 0 saturated carbocycles. The maximum absolute atomic E-state index is 12.0. The fourth-order valence-electron chi connectivity index (χ4n) is 1.79. The molecule has 0 fully saturated rings. The Morgan fingerprint density at radius 1 is 1.60 bits per heavy atom. The summed E-state index contributed by atoms with van der Waals surface area (Å²) in [6.45, 7) is 4.64. The van der Waals surface area contributed by atoms with Gasteiger partial charge in [0.2, 0.25) is 5.91 Å². The van der Waals surface area contributed by atoms with Crippen LogP contribution in [-0.2, 0) is 24.3 Å². The van der Waals surface area contributed by atoms with Crippen molar-refractivity contribution >= 4 is 29.5 Å². The van der Waals surface area contributed by atoms with Gasteiger partial charge in [-0.05, 0) is 25.6 Å². The predicted octanol–water partition coefficient (Wildman–Crippen LogP) is 1.97. The number of carbonyl (C=O) groups excluding carboxylic acids is 1. The van der Waals surface area contributed by atoms with Gasteiger partial charge in [-0.15, -0.1) is 11.3 Å². The number of aryl methyl sites for hydroxylation is 2. The second-order valence-corrected chi connectivity index (χ2v) is 5.77. The van der Waals surface area contributed by atoms with E-state index >= 15 is 0 Å². The van der Waals surface area contributed by atoms with Gasteiger partial charge in [0.05, 0.1) is 6.54 Å². The minimum absolute atomic E-state index is 0.0901. The second-order valence-electron chi connectivity index (χ2n) is 4.44. The molecule has 8 heteroatoms. The van der Waals surface area contributed by atoms with Crippen LogP contribution in [0.5, 0.6) is 0 Å². The molecule has 2 aromatic heterocycles. The summed E-state index contributed by atoms with van der Waals surface area (Å²) >= 11 is 6.68. The van der Waals surface area contributed by atoms with E-state index in [2.05, 4.69) is 27.4 Å². The number of carbonyl (C=O) groups is 1. The van der Waals surface area contributed by atoms with E-state index in [1.165, 1.54) is 0 Å². The van der Waals surface area contributed by atoms with Crippen molar-refractivity contribution in [3.63, 3.8) is 0 Å². The van der Waals surface area contributed by atoms with Gasteiger partial charge in [0.15, 0.2) is 4.77 Å². The number of nitrogens with zero attached hydrogens (tertiary/aromatic N) is 3. The average molecular weight is 311 g/mol. The Hall–Kier alpha value is -1.54. The van der Waals surface area contributed by atoms with Crippen LogP contribution in [-0.4, -0.2) is 25.7 Å². The lowest BCUT2D eigenvalue weighted by Crippen LogP contribution is -2.27. The van der Waals surface area contributed by atoms with Gasteiger partial charge < -0.3 is 5.32 Å². The highest BCUT2D eigenvalue weighted by Crippen LogP contribution is 2.08. The molecule has 1 amide bonds. The molecule has 2 N–H and O–H groups in total. The van der Waals surface area contributed by atoms with Crippen LogP contribution in [0, 0.1) is 11.7 Å². The van der Waals surface area contributed by atoms with Gasteiger partial charge >= 0.3 is 0 Å². The first-order valence-electron chi connectivity index (χ1n) is 6.42. The molecule has 2 rings (SSSR count). The van der Waals surface area contributed by atoms with E-state index < -0.39 is 0 Å². The molecule has 0 aliphatic rings. The Kier molecular flexibility index (Phi) is 5.02. The zero-order chi connectivity index (χ0) is 14.5. The van der Waals surface area contributed by atoms with E-state index in [4.69, 9.17) is 12.2 Å². The Labute approximate surface area is 126 Å². The van der Waals surface area contributed by atoms with Gasteiger partial charge in [-0.25, -0.2) is 4.98 Å². The van der Waals surface area contributed by atoms with Crippen molar-refractivity contribution in [2.45, 2.75) is 39.8 Å². The summed E-state index contributed by atoms with van der Waals surface area (Å²) < 4.78 is 2.22. The van der Waals surface area contributed by atoms with Gasteiger partial charge in [-0.3, -0.25) is 14.5 Å². The van der Waals surface area contributed by atoms with Gasteiger partial charge in [0.25, 0.3) is 0 Å². The third-order valence-electron chi connectivity index (χ3n) is 2.72. The summed E-state index contributed by atoms with van der Waals surface area (Å²) in [6, 6.07) is 0. The van der Waals surface area contributed by atoms with Crippen LogP contribution in [0.3, 0.4) is 0 Å². The molecule has 0 spiro atoms. The minimum atomic E-state index is -0.0901. The zero-order valence-corrected chi connectivity index (χ0v) is 13.1. The standard InChI is InChI=1S/C12H17N5OS2/c1-3-4-9-15-16-12(19)17(9)6-10(18)13-5-11-14-8(2)7-20-11/h7H,3-6H2,1-2H3,(H,13,18)(H,16,19). The van der Waals surface area contributed by atoms with Gasteiger partial charge in [-0.1, -0.05) is 6.92 Å². The molecular formula is C12H17N5OS2. The first-order chi connectivity index (χ1) is 9.60. The zero-order valence-electron chi connectivity index (χ0n) is 11.5. The van der Waals surface area contributed by atoms with Crippen LogP contribution >= 0.6 is 23.6 Å². The summed E-state index contributed by atoms with van der Waals surface area (Å²) in [4.78, 5) is 16.3. The van der Waals surface area contributed by atoms with Gasteiger partial charge in [0.1, 0.15) is 17.4 Å². The fraction of sp³-hybridized carbons (Fsp3) is 0.500. The number of hydrogen-bond donors (Lipinski definition) is 2. The normalized spacial score (nSPS) is 10.7. The molecular weight excluding hydrogens is 294 g/mol. The molecule has 0 aliphatic heterocycles. The van der Waals surface area contributed by atoms with Crippen LogP contribution in [0.25, 0.3) is 0 Å². The van der Waals surface area contributed by atoms with Crippen molar-refractivity contribution in [3.8, 4) is 0 Å². The molecule has 0 saturated heterocycles. The molecule has 6 nitrogen and oxygen atoms in total. The van der Waals surface area contributed by atoms with Crippen LogP contribution in [0.1, 0.15) is 29.9 Å². The monoisotopic (exact) mass is 311 g/mol. The number of nitrogens with one attached hydrogen (secondary N) is 2. The highest BCUT2D eigenvalue weighted by atomic mass is 32.1. The van der Waals surface area contributed by atoms with Crippen LogP contribution in [0.15, 0.2) is 5.38 Å². The number of rotatable bonds is 6. The van der Waals surface area contributed by atoms with Crippen molar-refractivity contribution in [2.24, 2.45) is 0 Å². The first-order valence-corrected chi connectivity index (χ1v) is 7.70. The largest absolute Gasteiger partial charge is 0.348 e. The molecule has 20 heavy (non-hydrogen) atoms. The van der Waals surface area contributed by atoms with E-state index in [-0.39, 0.29) is 12.5 Å². The van der Waals surface area contributed by atoms with Crippen molar-refractivity contribution in [2.75, 3.05) is 0 Å². The highest BCUT2D eigenvalue weighted by Gasteiger charge is 2.10. The molecule has 2 aromatic rings. The number of amides is 1. The Morgan fingerprint density at radius 3 is 3.05 bits per heavy atom. The summed E-state index contributed by atoms with van der Waals surface area (Å²) in [5.41, 5.74) is 0.974. The molecule has 0 radical (unpaired) electrons. The first kappa shape index (κ1) is 14.9. The van der Waals surface area contributed by atoms with Crippen molar-refractivity contribution < 1.29 is 4.79 Å². The van der Waals surface area contributed by atoms with E-state index in [0.717, 1.165) is 29.4 Å². The lowest BCUT2D eigenvalue weighted by molar-refractivity contribution is -0.121. The Bertz CT molecular complexity index is 642. The van der Waals surface area contributed by atoms with Gasteiger partial charge in [0, 0.05) is 17.5 Å². The highest BCUT2D eigenvalue weighted by molar-refractivity contribution is 7.71. The van der Waals surface area contributed by atoms with E-state index in [1.807, 2.05) is 12.3 Å². The SMILES string of the molecule is CCCc1n[nH]c(=S)n1CC(=O)NCc1nc(C)cs1. The molecule has 0 unspecified atom stereocenters. The molecule has 0 bridgehead atoms. The predicted molar refractivity (Wildman–Crippen MR) is 80.1 cm³/mol. The lowest BCUT2D eigenvalue weighted by Gasteiger charge is -2.06. The quantitative estimate of drug-likeness (QED) is 0.800. The minimum Gasteiger partial charge on any atom is -0.348 e. The van der Waals surface area contributed by atoms with Crippen LogP contribution < -0.4 is 5.32 Å². The maximum Gasteiger partial charge on any atom is 0.240 e. The average Bonchev–Trinajstić information content (AvgIpc) is 2.97. The Balaban J connectivity index is 1.94. The smallest absolute Gasteiger partial charge is 0.240 e. The van der Waals surface area contributed by atoms with Gasteiger partial charge in [-0.2, -0.15) is 5.10 Å². The topological polar surface area (TPSA) is 75.6 Å². The lowest BCUT2D eigenvalue weighted by atomic mass is 10.3. The number of H-pyrrole nitrogens is 1. The second kappa shape index (κ2) is 6.76. The van der Waals surface area contributed by atoms with Crippen LogP contribution in [0.2, 0.25) is 0 Å². The number of aromatic amines is 1. The van der Waals surface area contributed by atoms with E-state index in [1.54, 1.807) is 15.9 Å². The maximum atomic E-state index is 12.0. The number of hydrogen-bond acceptors (Lipinski definition) is 5. The molecule has 0 aromatic carbocycles. The van der Waals surface area contributed by atoms with Crippen molar-refractivity contribution in [1.29, 1.82) is 0 Å².